The van der Waals surface area contributed by atoms with Crippen LogP contribution in [0.5, 0.6) is 0 Å². The summed E-state index contributed by atoms with van der Waals surface area (Å²) >= 11 is 0. The van der Waals surface area contributed by atoms with Crippen molar-refractivity contribution in [3.8, 4) is 12.3 Å². The zero-order valence-corrected chi connectivity index (χ0v) is 11.8. The Bertz CT molecular complexity index is 521. The topological polar surface area (TPSA) is 37.4 Å². The van der Waals surface area contributed by atoms with E-state index in [-0.39, 0.29) is 11.8 Å². The van der Waals surface area contributed by atoms with Crippen molar-refractivity contribution in [2.24, 2.45) is 0 Å². The summed E-state index contributed by atoms with van der Waals surface area (Å²) in [6.45, 7) is 2.14. The van der Waals surface area contributed by atoms with Gasteiger partial charge in [0.1, 0.15) is 6.04 Å². The number of hydrogen-bond donors (Lipinski definition) is 0. The lowest BCUT2D eigenvalue weighted by Crippen LogP contribution is -2.39. The molecule has 20 heavy (non-hydrogen) atoms. The van der Waals surface area contributed by atoms with Gasteiger partial charge in [0.05, 0.1) is 11.1 Å². The molecule has 0 aromatic heterocycles. The van der Waals surface area contributed by atoms with Crippen LogP contribution in [0.4, 0.5) is 0 Å². The van der Waals surface area contributed by atoms with Gasteiger partial charge in [0.2, 0.25) is 0 Å². The van der Waals surface area contributed by atoms with Crippen LogP contribution in [0.15, 0.2) is 24.3 Å². The molecule has 104 valence electrons. The van der Waals surface area contributed by atoms with Gasteiger partial charge in [0, 0.05) is 0 Å². The minimum atomic E-state index is -0.431. The Morgan fingerprint density at radius 2 is 1.70 bits per heavy atom. The van der Waals surface area contributed by atoms with Crippen LogP contribution >= 0.6 is 0 Å². The highest BCUT2D eigenvalue weighted by Crippen LogP contribution is 2.26. The Labute approximate surface area is 120 Å². The van der Waals surface area contributed by atoms with Gasteiger partial charge in [0.15, 0.2) is 0 Å². The Morgan fingerprint density at radius 3 is 2.20 bits per heavy atom. The van der Waals surface area contributed by atoms with Gasteiger partial charge < -0.3 is 0 Å². The van der Waals surface area contributed by atoms with Crippen molar-refractivity contribution in [1.82, 2.24) is 4.90 Å². The molecule has 0 bridgehead atoms. The molecule has 0 N–H and O–H groups in total. The predicted octanol–water partition coefficient (Wildman–Crippen LogP) is 3.25. The van der Waals surface area contributed by atoms with Gasteiger partial charge in [-0.15, -0.1) is 6.42 Å². The van der Waals surface area contributed by atoms with Crippen molar-refractivity contribution >= 4 is 11.8 Å². The molecule has 1 atom stereocenters. The summed E-state index contributed by atoms with van der Waals surface area (Å²) in [5.74, 6) is 2.08. The minimum Gasteiger partial charge on any atom is -0.269 e. The molecule has 1 aliphatic heterocycles. The molecular weight excluding hydrogens is 250 g/mol. The first-order valence-corrected chi connectivity index (χ1v) is 7.13. The number of benzene rings is 1. The van der Waals surface area contributed by atoms with Gasteiger partial charge in [-0.05, 0) is 18.6 Å². The second-order valence-electron chi connectivity index (χ2n) is 5.06. The number of terminal acetylenes is 1. The molecule has 0 fully saturated rings. The molecule has 0 saturated carbocycles. The first-order valence-electron chi connectivity index (χ1n) is 7.13. The Morgan fingerprint density at radius 1 is 1.10 bits per heavy atom. The number of carbonyl (C=O) groups excluding carboxylic acids is 2. The molecule has 1 aromatic rings. The molecule has 0 saturated heterocycles. The van der Waals surface area contributed by atoms with E-state index >= 15 is 0 Å². The van der Waals surface area contributed by atoms with Crippen molar-refractivity contribution < 1.29 is 9.59 Å². The summed E-state index contributed by atoms with van der Waals surface area (Å²) in [6.07, 6.45) is 10.5. The van der Waals surface area contributed by atoms with E-state index in [4.69, 9.17) is 6.42 Å². The van der Waals surface area contributed by atoms with E-state index in [1.807, 2.05) is 0 Å². The van der Waals surface area contributed by atoms with Crippen LogP contribution in [-0.4, -0.2) is 22.8 Å². The third kappa shape index (κ3) is 2.60. The fraction of sp³-hybridized carbons (Fsp3) is 0.412. The second-order valence-corrected chi connectivity index (χ2v) is 5.06. The van der Waals surface area contributed by atoms with E-state index < -0.39 is 6.04 Å². The lowest BCUT2D eigenvalue weighted by atomic mass is 10.1. The highest BCUT2D eigenvalue weighted by molar-refractivity contribution is 6.21. The molecule has 1 aromatic carbocycles. The minimum absolute atomic E-state index is 0.260. The lowest BCUT2D eigenvalue weighted by Gasteiger charge is -2.21. The van der Waals surface area contributed by atoms with Gasteiger partial charge in [-0.1, -0.05) is 50.7 Å². The van der Waals surface area contributed by atoms with Crippen molar-refractivity contribution in [1.29, 1.82) is 0 Å². The summed E-state index contributed by atoms with van der Waals surface area (Å²) in [5, 5.41) is 0. The van der Waals surface area contributed by atoms with Crippen molar-refractivity contribution in [2.75, 3.05) is 0 Å². The molecule has 1 heterocycles. The molecular formula is C17H19NO2. The average Bonchev–Trinajstić information content (AvgIpc) is 2.73. The molecule has 1 aliphatic rings. The quantitative estimate of drug-likeness (QED) is 0.451. The standard InChI is InChI=1S/C17H19NO2/c1-3-5-6-7-10-13(4-2)18-16(19)14-11-8-9-12-15(14)17(18)20/h2,8-9,11-13H,3,5-7,10H2,1H3/t13-/m0/s1. The van der Waals surface area contributed by atoms with Crippen LogP contribution in [0, 0.1) is 12.3 Å². The van der Waals surface area contributed by atoms with E-state index in [1.54, 1.807) is 24.3 Å². The van der Waals surface area contributed by atoms with Gasteiger partial charge in [-0.25, -0.2) is 0 Å². The number of fused-ring (bicyclic) bond motifs is 1. The SMILES string of the molecule is C#C[C@@H](CCCCCC)N1C(=O)c2ccccc2C1=O. The number of unbranched alkanes of at least 4 members (excludes halogenated alkanes) is 3. The summed E-state index contributed by atoms with van der Waals surface area (Å²) < 4.78 is 0. The zero-order chi connectivity index (χ0) is 14.5. The largest absolute Gasteiger partial charge is 0.269 e. The number of amides is 2. The Hall–Kier alpha value is -2.08. The van der Waals surface area contributed by atoms with E-state index in [2.05, 4.69) is 12.8 Å². The fourth-order valence-electron chi connectivity index (χ4n) is 2.54. The lowest BCUT2D eigenvalue weighted by molar-refractivity contribution is 0.0613. The van der Waals surface area contributed by atoms with Crippen LogP contribution in [-0.2, 0) is 0 Å². The summed E-state index contributed by atoms with van der Waals surface area (Å²) in [6, 6.07) is 6.46. The molecule has 0 aliphatic carbocycles. The van der Waals surface area contributed by atoms with Gasteiger partial charge in [-0.3, -0.25) is 14.5 Å². The Kier molecular flexibility index (Phi) is 4.57. The first kappa shape index (κ1) is 14.3. The summed E-state index contributed by atoms with van der Waals surface area (Å²) in [7, 11) is 0. The normalized spacial score (nSPS) is 15.1. The second kappa shape index (κ2) is 6.38. The maximum atomic E-state index is 12.3. The zero-order valence-electron chi connectivity index (χ0n) is 11.8. The highest BCUT2D eigenvalue weighted by atomic mass is 16.2. The van der Waals surface area contributed by atoms with E-state index in [0.717, 1.165) is 25.7 Å². The van der Waals surface area contributed by atoms with Crippen LogP contribution < -0.4 is 0 Å². The molecule has 3 nitrogen and oxygen atoms in total. The Balaban J connectivity index is 2.11. The maximum absolute atomic E-state index is 12.3. The number of rotatable bonds is 6. The van der Waals surface area contributed by atoms with Gasteiger partial charge in [0.25, 0.3) is 11.8 Å². The molecule has 3 heteroatoms. The molecule has 0 unspecified atom stereocenters. The van der Waals surface area contributed by atoms with Crippen LogP contribution in [0.2, 0.25) is 0 Å². The van der Waals surface area contributed by atoms with E-state index in [9.17, 15) is 9.59 Å². The summed E-state index contributed by atoms with van der Waals surface area (Å²) in [4.78, 5) is 25.9. The van der Waals surface area contributed by atoms with Crippen LogP contribution in [0.1, 0.15) is 59.7 Å². The van der Waals surface area contributed by atoms with Crippen molar-refractivity contribution in [3.05, 3.63) is 35.4 Å². The maximum Gasteiger partial charge on any atom is 0.262 e. The van der Waals surface area contributed by atoms with Crippen LogP contribution in [0.25, 0.3) is 0 Å². The first-order chi connectivity index (χ1) is 9.70. The number of nitrogens with zero attached hydrogens (tertiary/aromatic N) is 1. The third-order valence-corrected chi connectivity index (χ3v) is 3.66. The highest BCUT2D eigenvalue weighted by Gasteiger charge is 2.38. The summed E-state index contributed by atoms with van der Waals surface area (Å²) in [5.41, 5.74) is 0.928. The predicted molar refractivity (Wildman–Crippen MR) is 78.3 cm³/mol. The van der Waals surface area contributed by atoms with Crippen molar-refractivity contribution in [3.63, 3.8) is 0 Å². The molecule has 0 spiro atoms. The molecule has 0 radical (unpaired) electrons. The average molecular weight is 269 g/mol. The van der Waals surface area contributed by atoms with E-state index in [0.29, 0.717) is 17.5 Å². The van der Waals surface area contributed by atoms with E-state index in [1.165, 1.54) is 4.90 Å². The number of imide groups is 1. The van der Waals surface area contributed by atoms with Gasteiger partial charge in [-0.2, -0.15) is 0 Å². The monoisotopic (exact) mass is 269 g/mol. The number of carbonyl (C=O) groups is 2. The molecule has 2 amide bonds. The smallest absolute Gasteiger partial charge is 0.262 e. The van der Waals surface area contributed by atoms with Crippen molar-refractivity contribution in [2.45, 2.75) is 45.1 Å². The van der Waals surface area contributed by atoms with Crippen LogP contribution in [0.3, 0.4) is 0 Å². The third-order valence-electron chi connectivity index (χ3n) is 3.66. The molecule has 2 rings (SSSR count). The number of hydrogen-bond acceptors (Lipinski definition) is 2. The van der Waals surface area contributed by atoms with Gasteiger partial charge >= 0.3 is 0 Å². The fourth-order valence-corrected chi connectivity index (χ4v) is 2.54.